The zero-order chi connectivity index (χ0) is 14.9. The Bertz CT molecular complexity index is 628. The van der Waals surface area contributed by atoms with Crippen LogP contribution >= 0.6 is 0 Å². The molecule has 1 heterocycles. The molecule has 0 bridgehead atoms. The molecule has 2 nitrogen and oxygen atoms in total. The topological polar surface area (TPSA) is 20.9 Å². The van der Waals surface area contributed by atoms with Crippen LogP contribution in [0.15, 0.2) is 30.3 Å². The van der Waals surface area contributed by atoms with E-state index in [2.05, 4.69) is 39.2 Å². The van der Waals surface area contributed by atoms with Gasteiger partial charge in [0.05, 0.1) is 0 Å². The number of ketones is 1. The zero-order valence-electron chi connectivity index (χ0n) is 12.9. The van der Waals surface area contributed by atoms with Gasteiger partial charge in [0.15, 0.2) is 11.4 Å². The van der Waals surface area contributed by atoms with Crippen molar-refractivity contribution >= 4 is 5.78 Å². The molecule has 1 aromatic heterocycles. The maximum Gasteiger partial charge on any atom is 0.227 e. The molecule has 2 aromatic rings. The third kappa shape index (κ3) is 2.51. The molecular formula is C18H22NO+. The van der Waals surface area contributed by atoms with Crippen molar-refractivity contribution in [2.45, 2.75) is 41.2 Å². The third-order valence-corrected chi connectivity index (χ3v) is 4.42. The average molecular weight is 268 g/mol. The van der Waals surface area contributed by atoms with E-state index >= 15 is 0 Å². The zero-order valence-corrected chi connectivity index (χ0v) is 12.9. The minimum absolute atomic E-state index is 0.157. The largest absolute Gasteiger partial charge is 0.287 e. The van der Waals surface area contributed by atoms with E-state index in [1.165, 1.54) is 28.1 Å². The molecule has 2 heteroatoms. The van der Waals surface area contributed by atoms with Gasteiger partial charge in [0.2, 0.25) is 12.3 Å². The first-order valence-corrected chi connectivity index (χ1v) is 6.98. The molecule has 20 heavy (non-hydrogen) atoms. The fourth-order valence-corrected chi connectivity index (χ4v) is 2.58. The van der Waals surface area contributed by atoms with E-state index in [0.717, 1.165) is 5.56 Å². The van der Waals surface area contributed by atoms with Gasteiger partial charge in [-0.25, -0.2) is 0 Å². The smallest absolute Gasteiger partial charge is 0.227 e. The molecule has 0 saturated heterocycles. The molecule has 0 fully saturated rings. The van der Waals surface area contributed by atoms with Crippen LogP contribution in [0.4, 0.5) is 0 Å². The van der Waals surface area contributed by atoms with Gasteiger partial charge >= 0.3 is 0 Å². The van der Waals surface area contributed by atoms with Crippen LogP contribution in [0.5, 0.6) is 0 Å². The van der Waals surface area contributed by atoms with Crippen LogP contribution in [0.25, 0.3) is 0 Å². The quantitative estimate of drug-likeness (QED) is 0.617. The number of aromatic nitrogens is 1. The summed E-state index contributed by atoms with van der Waals surface area (Å²) in [6, 6.07) is 9.50. The van der Waals surface area contributed by atoms with Crippen molar-refractivity contribution in [3.05, 3.63) is 64.0 Å². The van der Waals surface area contributed by atoms with Gasteiger partial charge in [-0.05, 0) is 26.3 Å². The molecule has 0 N–H and O–H groups in total. The molecule has 0 aliphatic carbocycles. The molecule has 2 rings (SSSR count). The number of carbonyl (C=O) groups is 1. The Labute approximate surface area is 121 Å². The summed E-state index contributed by atoms with van der Waals surface area (Å²) in [5.74, 6) is 0.157. The molecular weight excluding hydrogens is 246 g/mol. The van der Waals surface area contributed by atoms with E-state index < -0.39 is 0 Å². The SMILES string of the molecule is Cc1c(C)c(C)[n+](CC(=O)c2ccccc2)c(C)c1C. The van der Waals surface area contributed by atoms with Crippen LogP contribution in [0, 0.1) is 34.6 Å². The lowest BCUT2D eigenvalue weighted by Gasteiger charge is -2.12. The van der Waals surface area contributed by atoms with Crippen LogP contribution < -0.4 is 4.57 Å². The van der Waals surface area contributed by atoms with Crippen molar-refractivity contribution in [2.75, 3.05) is 0 Å². The molecule has 0 aliphatic heterocycles. The molecule has 104 valence electrons. The number of hydrogen-bond donors (Lipinski definition) is 0. The number of pyridine rings is 1. The van der Waals surface area contributed by atoms with Gasteiger partial charge in [0.25, 0.3) is 0 Å². The average Bonchev–Trinajstić information content (AvgIpc) is 2.48. The summed E-state index contributed by atoms with van der Waals surface area (Å²) in [6.45, 7) is 11.0. The second kappa shape index (κ2) is 5.58. The summed E-state index contributed by atoms with van der Waals surface area (Å²) in [6.07, 6.45) is 0. The number of hydrogen-bond acceptors (Lipinski definition) is 1. The van der Waals surface area contributed by atoms with E-state index in [1.807, 2.05) is 30.3 Å². The van der Waals surface area contributed by atoms with Crippen LogP contribution in [0.2, 0.25) is 0 Å². The summed E-state index contributed by atoms with van der Waals surface area (Å²) in [5, 5.41) is 0. The fraction of sp³-hybridized carbons (Fsp3) is 0.333. The van der Waals surface area contributed by atoms with Gasteiger partial charge in [-0.15, -0.1) is 0 Å². The first kappa shape index (κ1) is 14.4. The highest BCUT2D eigenvalue weighted by Crippen LogP contribution is 2.16. The van der Waals surface area contributed by atoms with E-state index in [0.29, 0.717) is 6.54 Å². The molecule has 0 saturated carbocycles. The number of rotatable bonds is 3. The maximum atomic E-state index is 12.4. The summed E-state index contributed by atoms with van der Waals surface area (Å²) < 4.78 is 2.13. The Balaban J connectivity index is 2.43. The Morgan fingerprint density at radius 1 is 0.850 bits per heavy atom. The number of nitrogens with zero attached hydrogens (tertiary/aromatic N) is 1. The predicted molar refractivity (Wildman–Crippen MR) is 81.1 cm³/mol. The van der Waals surface area contributed by atoms with Gasteiger partial charge in [0, 0.05) is 30.5 Å². The first-order chi connectivity index (χ1) is 9.43. The maximum absolute atomic E-state index is 12.4. The molecule has 0 aliphatic rings. The van der Waals surface area contributed by atoms with Crippen molar-refractivity contribution < 1.29 is 9.36 Å². The van der Waals surface area contributed by atoms with E-state index in [-0.39, 0.29) is 5.78 Å². The number of Topliss-reactive ketones (excluding diaryl/α,β-unsaturated/α-hetero) is 1. The molecule has 0 unspecified atom stereocenters. The summed E-state index contributed by atoms with van der Waals surface area (Å²) >= 11 is 0. The van der Waals surface area contributed by atoms with E-state index in [9.17, 15) is 4.79 Å². The third-order valence-electron chi connectivity index (χ3n) is 4.42. The summed E-state index contributed by atoms with van der Waals surface area (Å²) in [5.41, 5.74) is 6.99. The Morgan fingerprint density at radius 2 is 1.35 bits per heavy atom. The van der Waals surface area contributed by atoms with Gasteiger partial charge in [0.1, 0.15) is 0 Å². The molecule has 0 amide bonds. The highest BCUT2D eigenvalue weighted by Gasteiger charge is 2.22. The predicted octanol–water partition coefficient (Wildman–Crippen LogP) is 3.40. The molecule has 0 atom stereocenters. The summed E-state index contributed by atoms with van der Waals surface area (Å²) in [4.78, 5) is 12.4. The Kier molecular flexibility index (Phi) is 4.03. The van der Waals surface area contributed by atoms with Crippen molar-refractivity contribution in [1.82, 2.24) is 0 Å². The van der Waals surface area contributed by atoms with Gasteiger partial charge < -0.3 is 0 Å². The standard InChI is InChI=1S/C18H22NO/c1-12-13(2)15(4)19(16(5)14(12)3)11-18(20)17-9-7-6-8-10-17/h6-10H,11H2,1-5H3/q+1. The van der Waals surface area contributed by atoms with E-state index in [4.69, 9.17) is 0 Å². The van der Waals surface area contributed by atoms with Crippen molar-refractivity contribution in [3.63, 3.8) is 0 Å². The Hall–Kier alpha value is -1.96. The van der Waals surface area contributed by atoms with Gasteiger partial charge in [-0.2, -0.15) is 4.57 Å². The van der Waals surface area contributed by atoms with Crippen molar-refractivity contribution in [3.8, 4) is 0 Å². The highest BCUT2D eigenvalue weighted by atomic mass is 16.1. The number of benzene rings is 1. The second-order valence-electron chi connectivity index (χ2n) is 5.42. The summed E-state index contributed by atoms with van der Waals surface area (Å²) in [7, 11) is 0. The van der Waals surface area contributed by atoms with Crippen LogP contribution in [0.1, 0.15) is 38.4 Å². The highest BCUT2D eigenvalue weighted by molar-refractivity contribution is 5.95. The van der Waals surface area contributed by atoms with Crippen molar-refractivity contribution in [2.24, 2.45) is 0 Å². The monoisotopic (exact) mass is 268 g/mol. The normalized spacial score (nSPS) is 10.7. The Morgan fingerprint density at radius 3 is 1.85 bits per heavy atom. The van der Waals surface area contributed by atoms with Gasteiger partial charge in [-0.3, -0.25) is 4.79 Å². The van der Waals surface area contributed by atoms with Crippen LogP contribution in [0.3, 0.4) is 0 Å². The lowest BCUT2D eigenvalue weighted by Crippen LogP contribution is -2.45. The lowest BCUT2D eigenvalue weighted by atomic mass is 10.0. The first-order valence-electron chi connectivity index (χ1n) is 6.98. The molecule has 0 radical (unpaired) electrons. The minimum Gasteiger partial charge on any atom is -0.287 e. The molecule has 1 aromatic carbocycles. The lowest BCUT2D eigenvalue weighted by molar-refractivity contribution is -0.695. The van der Waals surface area contributed by atoms with Gasteiger partial charge in [-0.1, -0.05) is 30.3 Å². The number of carbonyl (C=O) groups excluding carboxylic acids is 1. The second-order valence-corrected chi connectivity index (χ2v) is 5.42. The fourth-order valence-electron chi connectivity index (χ4n) is 2.58. The molecule has 0 spiro atoms. The van der Waals surface area contributed by atoms with E-state index in [1.54, 1.807) is 0 Å². The minimum atomic E-state index is 0.157. The van der Waals surface area contributed by atoms with Crippen LogP contribution in [-0.4, -0.2) is 5.78 Å². The van der Waals surface area contributed by atoms with Crippen molar-refractivity contribution in [1.29, 1.82) is 0 Å². The van der Waals surface area contributed by atoms with Crippen LogP contribution in [-0.2, 0) is 6.54 Å².